The summed E-state index contributed by atoms with van der Waals surface area (Å²) < 4.78 is 18.4. The highest BCUT2D eigenvalue weighted by Gasteiger charge is 2.16. The highest BCUT2D eigenvalue weighted by atomic mass is 19.1. The van der Waals surface area contributed by atoms with Gasteiger partial charge in [0.2, 0.25) is 0 Å². The van der Waals surface area contributed by atoms with Gasteiger partial charge in [0.15, 0.2) is 11.6 Å². The molecule has 1 aromatic rings. The molecule has 1 aromatic carbocycles. The Bertz CT molecular complexity index is 382. The fourth-order valence-corrected chi connectivity index (χ4v) is 1.90. The molecular weight excluding hydrogens is 219 g/mol. The molecule has 4 heteroatoms. The van der Waals surface area contributed by atoms with E-state index in [0.29, 0.717) is 11.7 Å². The molecule has 0 radical (unpaired) electrons. The molecule has 3 nitrogen and oxygen atoms in total. The number of halogens is 1. The topological polar surface area (TPSA) is 38.5 Å². The maximum Gasteiger partial charge on any atom is 0.167 e. The van der Waals surface area contributed by atoms with Crippen LogP contribution in [0.5, 0.6) is 5.75 Å². The number of nitrogens with zero attached hydrogens (tertiary/aromatic N) is 1. The second-order valence-corrected chi connectivity index (χ2v) is 4.09. The van der Waals surface area contributed by atoms with Crippen LogP contribution in [-0.2, 0) is 0 Å². The molecule has 0 bridgehead atoms. The van der Waals surface area contributed by atoms with Gasteiger partial charge in [-0.15, -0.1) is 0 Å². The first-order valence-electron chi connectivity index (χ1n) is 5.94. The van der Waals surface area contributed by atoms with Crippen LogP contribution in [0.15, 0.2) is 12.1 Å². The van der Waals surface area contributed by atoms with E-state index >= 15 is 0 Å². The molecule has 0 spiro atoms. The Hall–Kier alpha value is -1.45. The lowest BCUT2D eigenvalue weighted by Gasteiger charge is -2.30. The lowest BCUT2D eigenvalue weighted by molar-refractivity contribution is 0.386. The molecule has 0 heterocycles. The number of rotatable bonds is 5. The van der Waals surface area contributed by atoms with Gasteiger partial charge in [-0.1, -0.05) is 6.92 Å². The van der Waals surface area contributed by atoms with Crippen LogP contribution in [0.4, 0.5) is 15.8 Å². The summed E-state index contributed by atoms with van der Waals surface area (Å²) in [5.41, 5.74) is 7.16. The maximum absolute atomic E-state index is 13.5. The first kappa shape index (κ1) is 13.6. The summed E-state index contributed by atoms with van der Waals surface area (Å²) in [5.74, 6) is -0.190. The van der Waals surface area contributed by atoms with E-state index in [1.165, 1.54) is 13.2 Å². The van der Waals surface area contributed by atoms with E-state index in [1.54, 1.807) is 6.07 Å². The number of methoxy groups -OCH3 is 1. The monoisotopic (exact) mass is 240 g/mol. The van der Waals surface area contributed by atoms with Crippen molar-refractivity contribution in [2.24, 2.45) is 0 Å². The molecule has 0 aromatic heterocycles. The highest BCUT2D eigenvalue weighted by molar-refractivity contribution is 5.70. The zero-order chi connectivity index (χ0) is 13.0. The minimum absolute atomic E-state index is 0.232. The van der Waals surface area contributed by atoms with Crippen LogP contribution in [0.3, 0.4) is 0 Å². The SMILES string of the molecule is CCC(C)N(CC)c1cc(OC)c(F)cc1N. The van der Waals surface area contributed by atoms with Crippen LogP contribution in [0, 0.1) is 5.82 Å². The molecule has 0 fully saturated rings. The molecule has 0 amide bonds. The Morgan fingerprint density at radius 3 is 2.53 bits per heavy atom. The summed E-state index contributed by atoms with van der Waals surface area (Å²) in [6, 6.07) is 3.34. The Kier molecular flexibility index (Phi) is 4.61. The number of hydrogen-bond donors (Lipinski definition) is 1. The van der Waals surface area contributed by atoms with E-state index in [4.69, 9.17) is 10.5 Å². The standard InChI is InChI=1S/C13H21FN2O/c1-5-9(3)16(6-2)12-8-13(17-4)10(14)7-11(12)15/h7-9H,5-6,15H2,1-4H3. The van der Waals surface area contributed by atoms with Gasteiger partial charge in [-0.05, 0) is 20.3 Å². The third-order valence-corrected chi connectivity index (χ3v) is 3.07. The summed E-state index contributed by atoms with van der Waals surface area (Å²) in [4.78, 5) is 2.15. The van der Waals surface area contributed by atoms with Gasteiger partial charge in [-0.3, -0.25) is 0 Å². The smallest absolute Gasteiger partial charge is 0.167 e. The zero-order valence-corrected chi connectivity index (χ0v) is 11.0. The van der Waals surface area contributed by atoms with Gasteiger partial charge in [-0.25, -0.2) is 4.39 Å². The molecule has 0 aliphatic heterocycles. The third kappa shape index (κ3) is 2.81. The molecule has 1 atom stereocenters. The minimum atomic E-state index is -0.422. The van der Waals surface area contributed by atoms with Gasteiger partial charge in [0.05, 0.1) is 18.5 Å². The van der Waals surface area contributed by atoms with E-state index in [1.807, 2.05) is 0 Å². The van der Waals surface area contributed by atoms with Crippen LogP contribution in [0.1, 0.15) is 27.2 Å². The number of ether oxygens (including phenoxy) is 1. The van der Waals surface area contributed by atoms with Crippen molar-refractivity contribution in [1.82, 2.24) is 0 Å². The summed E-state index contributed by atoms with van der Waals surface area (Å²) in [6.45, 7) is 7.12. The van der Waals surface area contributed by atoms with Gasteiger partial charge in [-0.2, -0.15) is 0 Å². The van der Waals surface area contributed by atoms with Crippen LogP contribution >= 0.6 is 0 Å². The van der Waals surface area contributed by atoms with Crippen LogP contribution in [0.25, 0.3) is 0 Å². The summed E-state index contributed by atoms with van der Waals surface area (Å²) in [7, 11) is 1.46. The fourth-order valence-electron chi connectivity index (χ4n) is 1.90. The molecular formula is C13H21FN2O. The number of benzene rings is 1. The first-order valence-corrected chi connectivity index (χ1v) is 5.94. The Balaban J connectivity index is 3.19. The Labute approximate surface area is 102 Å². The largest absolute Gasteiger partial charge is 0.494 e. The number of nitrogens with two attached hydrogens (primary N) is 1. The van der Waals surface area contributed by atoms with Crippen molar-refractivity contribution in [2.75, 3.05) is 24.3 Å². The summed E-state index contributed by atoms with van der Waals surface area (Å²) >= 11 is 0. The van der Waals surface area contributed by atoms with Gasteiger partial charge in [0, 0.05) is 24.7 Å². The van der Waals surface area contributed by atoms with Crippen molar-refractivity contribution in [3.63, 3.8) is 0 Å². The quantitative estimate of drug-likeness (QED) is 0.804. The van der Waals surface area contributed by atoms with Gasteiger partial charge >= 0.3 is 0 Å². The van der Waals surface area contributed by atoms with Crippen molar-refractivity contribution in [2.45, 2.75) is 33.2 Å². The third-order valence-electron chi connectivity index (χ3n) is 3.07. The average molecular weight is 240 g/mol. The molecule has 2 N–H and O–H groups in total. The first-order chi connectivity index (χ1) is 8.04. The Morgan fingerprint density at radius 2 is 2.06 bits per heavy atom. The van der Waals surface area contributed by atoms with Crippen molar-refractivity contribution in [1.29, 1.82) is 0 Å². The van der Waals surface area contributed by atoms with Crippen LogP contribution < -0.4 is 15.4 Å². The van der Waals surface area contributed by atoms with Crippen molar-refractivity contribution in [3.8, 4) is 5.75 Å². The van der Waals surface area contributed by atoms with E-state index in [0.717, 1.165) is 18.7 Å². The second-order valence-electron chi connectivity index (χ2n) is 4.09. The fraction of sp³-hybridized carbons (Fsp3) is 0.538. The average Bonchev–Trinajstić information content (AvgIpc) is 2.32. The molecule has 1 unspecified atom stereocenters. The van der Waals surface area contributed by atoms with E-state index in [9.17, 15) is 4.39 Å². The van der Waals surface area contributed by atoms with Crippen molar-refractivity contribution < 1.29 is 9.13 Å². The summed E-state index contributed by atoms with van der Waals surface area (Å²) in [6.07, 6.45) is 1.01. The minimum Gasteiger partial charge on any atom is -0.494 e. The van der Waals surface area contributed by atoms with E-state index < -0.39 is 5.82 Å². The lowest BCUT2D eigenvalue weighted by Crippen LogP contribution is -2.32. The Morgan fingerprint density at radius 1 is 1.41 bits per heavy atom. The second kappa shape index (κ2) is 5.75. The molecule has 0 aliphatic carbocycles. The zero-order valence-electron chi connectivity index (χ0n) is 11.0. The van der Waals surface area contributed by atoms with Gasteiger partial charge in [0.25, 0.3) is 0 Å². The van der Waals surface area contributed by atoms with Gasteiger partial charge in [0.1, 0.15) is 0 Å². The number of anilines is 2. The van der Waals surface area contributed by atoms with E-state index in [2.05, 4.69) is 25.7 Å². The molecule has 17 heavy (non-hydrogen) atoms. The number of hydrogen-bond acceptors (Lipinski definition) is 3. The van der Waals surface area contributed by atoms with E-state index in [-0.39, 0.29) is 5.75 Å². The predicted molar refractivity (Wildman–Crippen MR) is 70.1 cm³/mol. The predicted octanol–water partition coefficient (Wildman–Crippen LogP) is 3.04. The van der Waals surface area contributed by atoms with Crippen molar-refractivity contribution in [3.05, 3.63) is 17.9 Å². The summed E-state index contributed by atoms with van der Waals surface area (Å²) in [5, 5.41) is 0. The highest BCUT2D eigenvalue weighted by Crippen LogP contribution is 2.32. The lowest BCUT2D eigenvalue weighted by atomic mass is 10.1. The normalized spacial score (nSPS) is 12.3. The molecule has 96 valence electrons. The molecule has 1 rings (SSSR count). The van der Waals surface area contributed by atoms with Crippen LogP contribution in [-0.4, -0.2) is 19.7 Å². The maximum atomic E-state index is 13.5. The molecule has 0 saturated carbocycles. The van der Waals surface area contributed by atoms with Crippen LogP contribution in [0.2, 0.25) is 0 Å². The van der Waals surface area contributed by atoms with Gasteiger partial charge < -0.3 is 15.4 Å². The number of nitrogen functional groups attached to an aromatic ring is 1. The molecule has 0 saturated heterocycles. The van der Waals surface area contributed by atoms with Crippen molar-refractivity contribution >= 4 is 11.4 Å². The molecule has 0 aliphatic rings.